The highest BCUT2D eigenvalue weighted by atomic mass is 16.3. The Morgan fingerprint density at radius 2 is 2.06 bits per heavy atom. The van der Waals surface area contributed by atoms with Gasteiger partial charge in [-0.1, -0.05) is 6.07 Å². The normalized spacial score (nSPS) is 22.5. The van der Waals surface area contributed by atoms with Crippen LogP contribution in [-0.4, -0.2) is 24.7 Å². The van der Waals surface area contributed by atoms with Crippen molar-refractivity contribution in [2.75, 3.05) is 24.5 Å². The molecule has 0 bridgehead atoms. The van der Waals surface area contributed by atoms with Crippen molar-refractivity contribution in [2.45, 2.75) is 26.2 Å². The summed E-state index contributed by atoms with van der Waals surface area (Å²) >= 11 is 0. The van der Waals surface area contributed by atoms with Gasteiger partial charge in [0, 0.05) is 24.8 Å². The number of benzene rings is 1. The predicted molar refractivity (Wildman–Crippen MR) is 71.6 cm³/mol. The molecule has 1 saturated carbocycles. The first-order chi connectivity index (χ1) is 8.21. The van der Waals surface area contributed by atoms with Gasteiger partial charge in [-0.05, 0) is 50.3 Å². The number of phenolic OH excluding ortho intramolecular Hbond substituents is 1. The fourth-order valence-corrected chi connectivity index (χ4v) is 2.52. The first kappa shape index (κ1) is 12.2. The van der Waals surface area contributed by atoms with Crippen molar-refractivity contribution in [1.82, 2.24) is 0 Å². The molecule has 1 aliphatic rings. The number of phenols is 1. The smallest absolute Gasteiger partial charge is 0.121 e. The Kier molecular flexibility index (Phi) is 3.57. The second-order valence-electron chi connectivity index (χ2n) is 4.75. The number of hydrogen-bond donors (Lipinski definition) is 2. The van der Waals surface area contributed by atoms with Gasteiger partial charge in [0.15, 0.2) is 0 Å². The standard InChI is InChI=1S/C14H22N2O/c1-3-16(4-2)11-5-6-12(14(17)8-11)13-7-10(13)9-15/h5-6,8,10,13,17H,3-4,7,9,15H2,1-2H3. The lowest BCUT2D eigenvalue weighted by Crippen LogP contribution is -2.21. The quantitative estimate of drug-likeness (QED) is 0.822. The Balaban J connectivity index is 2.17. The van der Waals surface area contributed by atoms with Gasteiger partial charge >= 0.3 is 0 Å². The molecule has 3 nitrogen and oxygen atoms in total. The minimum absolute atomic E-state index is 0.426. The summed E-state index contributed by atoms with van der Waals surface area (Å²) in [6, 6.07) is 6.05. The highest BCUT2D eigenvalue weighted by molar-refractivity contribution is 5.55. The summed E-state index contributed by atoms with van der Waals surface area (Å²) in [5.41, 5.74) is 7.81. The van der Waals surface area contributed by atoms with Gasteiger partial charge in [-0.15, -0.1) is 0 Å². The molecule has 2 rings (SSSR count). The molecule has 3 heteroatoms. The van der Waals surface area contributed by atoms with Crippen molar-refractivity contribution >= 4 is 5.69 Å². The molecule has 2 atom stereocenters. The second-order valence-corrected chi connectivity index (χ2v) is 4.75. The number of hydrogen-bond acceptors (Lipinski definition) is 3. The molecule has 0 aromatic heterocycles. The molecule has 3 N–H and O–H groups in total. The molecule has 0 radical (unpaired) electrons. The number of rotatable bonds is 5. The first-order valence-electron chi connectivity index (χ1n) is 6.49. The van der Waals surface area contributed by atoms with E-state index in [4.69, 9.17) is 5.73 Å². The molecule has 17 heavy (non-hydrogen) atoms. The Morgan fingerprint density at radius 3 is 2.53 bits per heavy atom. The first-order valence-corrected chi connectivity index (χ1v) is 6.49. The molecule has 94 valence electrons. The molecule has 0 amide bonds. The number of aromatic hydroxyl groups is 1. The summed E-state index contributed by atoms with van der Waals surface area (Å²) < 4.78 is 0. The Morgan fingerprint density at radius 1 is 1.35 bits per heavy atom. The van der Waals surface area contributed by atoms with E-state index in [1.54, 1.807) is 0 Å². The SMILES string of the molecule is CCN(CC)c1ccc(C2CC2CN)c(O)c1. The van der Waals surface area contributed by atoms with Gasteiger partial charge in [-0.25, -0.2) is 0 Å². The largest absolute Gasteiger partial charge is 0.508 e. The lowest BCUT2D eigenvalue weighted by molar-refractivity contribution is 0.467. The topological polar surface area (TPSA) is 49.5 Å². The van der Waals surface area contributed by atoms with Crippen molar-refractivity contribution in [1.29, 1.82) is 0 Å². The molecule has 1 aromatic rings. The molecule has 1 fully saturated rings. The maximum absolute atomic E-state index is 10.1. The van der Waals surface area contributed by atoms with E-state index in [1.807, 2.05) is 6.07 Å². The van der Waals surface area contributed by atoms with Crippen LogP contribution in [0.2, 0.25) is 0 Å². The van der Waals surface area contributed by atoms with Crippen molar-refractivity contribution in [3.63, 3.8) is 0 Å². The summed E-state index contributed by atoms with van der Waals surface area (Å²) in [7, 11) is 0. The van der Waals surface area contributed by atoms with Crippen molar-refractivity contribution in [2.24, 2.45) is 11.7 Å². The fraction of sp³-hybridized carbons (Fsp3) is 0.571. The van der Waals surface area contributed by atoms with Crippen LogP contribution in [0.15, 0.2) is 18.2 Å². The molecule has 1 aromatic carbocycles. The number of nitrogens with zero attached hydrogens (tertiary/aromatic N) is 1. The zero-order valence-electron chi connectivity index (χ0n) is 10.7. The summed E-state index contributed by atoms with van der Waals surface area (Å²) in [6.07, 6.45) is 1.12. The van der Waals surface area contributed by atoms with E-state index in [9.17, 15) is 5.11 Å². The lowest BCUT2D eigenvalue weighted by Gasteiger charge is -2.21. The van der Waals surface area contributed by atoms with Gasteiger partial charge in [-0.3, -0.25) is 0 Å². The zero-order chi connectivity index (χ0) is 12.4. The van der Waals surface area contributed by atoms with Crippen LogP contribution < -0.4 is 10.6 Å². The average Bonchev–Trinajstić information content (AvgIpc) is 3.10. The average molecular weight is 234 g/mol. The van der Waals surface area contributed by atoms with Gasteiger partial charge < -0.3 is 15.7 Å². The Hall–Kier alpha value is -1.22. The van der Waals surface area contributed by atoms with Gasteiger partial charge in [0.2, 0.25) is 0 Å². The van der Waals surface area contributed by atoms with Crippen molar-refractivity contribution in [3.8, 4) is 5.75 Å². The van der Waals surface area contributed by atoms with Crippen LogP contribution in [0.4, 0.5) is 5.69 Å². The third-order valence-corrected chi connectivity index (χ3v) is 3.77. The van der Waals surface area contributed by atoms with E-state index in [1.165, 1.54) is 0 Å². The van der Waals surface area contributed by atoms with E-state index < -0.39 is 0 Å². The lowest BCUT2D eigenvalue weighted by atomic mass is 10.1. The van der Waals surface area contributed by atoms with Crippen molar-refractivity contribution < 1.29 is 5.11 Å². The van der Waals surface area contributed by atoms with Gasteiger partial charge in [0.1, 0.15) is 5.75 Å². The number of nitrogens with two attached hydrogens (primary N) is 1. The molecule has 2 unspecified atom stereocenters. The maximum Gasteiger partial charge on any atom is 0.121 e. The van der Waals surface area contributed by atoms with E-state index in [2.05, 4.69) is 30.9 Å². The van der Waals surface area contributed by atoms with Crippen molar-refractivity contribution in [3.05, 3.63) is 23.8 Å². The molecular weight excluding hydrogens is 212 g/mol. The van der Waals surface area contributed by atoms with Gasteiger partial charge in [0.25, 0.3) is 0 Å². The third-order valence-electron chi connectivity index (χ3n) is 3.77. The van der Waals surface area contributed by atoms with E-state index in [0.29, 0.717) is 17.6 Å². The molecule has 0 heterocycles. The Labute approximate surface area is 103 Å². The van der Waals surface area contributed by atoms with Crippen LogP contribution in [0, 0.1) is 5.92 Å². The van der Waals surface area contributed by atoms with Crippen LogP contribution in [0.25, 0.3) is 0 Å². The van der Waals surface area contributed by atoms with E-state index >= 15 is 0 Å². The summed E-state index contributed by atoms with van der Waals surface area (Å²) in [5, 5.41) is 10.1. The van der Waals surface area contributed by atoms with Crippen LogP contribution in [-0.2, 0) is 0 Å². The maximum atomic E-state index is 10.1. The van der Waals surface area contributed by atoms with Crippen LogP contribution in [0.5, 0.6) is 5.75 Å². The highest BCUT2D eigenvalue weighted by Gasteiger charge is 2.38. The molecule has 0 aliphatic heterocycles. The monoisotopic (exact) mass is 234 g/mol. The minimum Gasteiger partial charge on any atom is -0.508 e. The summed E-state index contributed by atoms with van der Waals surface area (Å²) in [4.78, 5) is 2.23. The predicted octanol–water partition coefficient (Wildman–Crippen LogP) is 2.30. The molecule has 1 aliphatic carbocycles. The van der Waals surface area contributed by atoms with Crippen LogP contribution >= 0.6 is 0 Å². The van der Waals surface area contributed by atoms with Crippen LogP contribution in [0.3, 0.4) is 0 Å². The van der Waals surface area contributed by atoms with E-state index in [0.717, 1.165) is 37.3 Å². The molecule has 0 spiro atoms. The number of anilines is 1. The third kappa shape index (κ3) is 2.39. The minimum atomic E-state index is 0.426. The second kappa shape index (κ2) is 4.96. The van der Waals surface area contributed by atoms with Crippen LogP contribution in [0.1, 0.15) is 31.7 Å². The zero-order valence-corrected chi connectivity index (χ0v) is 10.7. The summed E-state index contributed by atoms with van der Waals surface area (Å²) in [6.45, 7) is 6.90. The van der Waals surface area contributed by atoms with Gasteiger partial charge in [0.05, 0.1) is 0 Å². The molecule has 0 saturated heterocycles. The Bertz CT molecular complexity index is 388. The summed E-state index contributed by atoms with van der Waals surface area (Å²) in [5.74, 6) is 1.47. The highest BCUT2D eigenvalue weighted by Crippen LogP contribution is 2.49. The fourth-order valence-electron chi connectivity index (χ4n) is 2.52. The van der Waals surface area contributed by atoms with Gasteiger partial charge in [-0.2, -0.15) is 0 Å². The molecular formula is C14H22N2O. The van der Waals surface area contributed by atoms with E-state index in [-0.39, 0.29) is 0 Å².